The lowest BCUT2D eigenvalue weighted by molar-refractivity contribution is 0.0267. The van der Waals surface area contributed by atoms with E-state index in [0.29, 0.717) is 37.3 Å². The van der Waals surface area contributed by atoms with E-state index in [9.17, 15) is 4.79 Å². The molecule has 0 aromatic carbocycles. The number of aromatic nitrogens is 2. The normalized spacial score (nSPS) is 18.9. The number of hydrogen-bond acceptors (Lipinski definition) is 5. The highest BCUT2D eigenvalue weighted by Gasteiger charge is 2.24. The van der Waals surface area contributed by atoms with Gasteiger partial charge in [-0.1, -0.05) is 13.8 Å². The molecule has 1 unspecified atom stereocenters. The summed E-state index contributed by atoms with van der Waals surface area (Å²) in [7, 11) is 1.55. The first-order valence-electron chi connectivity index (χ1n) is 7.60. The second kappa shape index (κ2) is 7.93. The Hall–Kier alpha value is -1.89. The van der Waals surface area contributed by atoms with Gasteiger partial charge in [-0.05, 0) is 12.3 Å². The molecule has 2 rings (SSSR count). The summed E-state index contributed by atoms with van der Waals surface area (Å²) >= 11 is 0. The highest BCUT2D eigenvalue weighted by atomic mass is 16.5. The second-order valence-corrected chi connectivity index (χ2v) is 5.63. The molecule has 22 heavy (non-hydrogen) atoms. The van der Waals surface area contributed by atoms with Gasteiger partial charge in [0, 0.05) is 32.0 Å². The lowest BCUT2D eigenvalue weighted by Crippen LogP contribution is -2.44. The van der Waals surface area contributed by atoms with E-state index >= 15 is 0 Å². The Labute approximate surface area is 131 Å². The molecule has 1 saturated heterocycles. The first kappa shape index (κ1) is 16.5. The smallest absolute Gasteiger partial charge is 0.317 e. The number of amides is 2. The molecule has 1 atom stereocenters. The Kier molecular flexibility index (Phi) is 5.94. The van der Waals surface area contributed by atoms with Gasteiger partial charge in [-0.15, -0.1) is 0 Å². The lowest BCUT2D eigenvalue weighted by Gasteiger charge is -2.26. The molecule has 1 fully saturated rings. The van der Waals surface area contributed by atoms with Gasteiger partial charge in [0.05, 0.1) is 19.8 Å². The molecule has 1 aromatic heterocycles. The summed E-state index contributed by atoms with van der Waals surface area (Å²) in [6.45, 7) is 6.51. The number of rotatable bonds is 4. The average molecular weight is 308 g/mol. The molecule has 1 N–H and O–H groups in total. The van der Waals surface area contributed by atoms with Crippen molar-refractivity contribution in [2.24, 2.45) is 5.92 Å². The van der Waals surface area contributed by atoms with Crippen molar-refractivity contribution in [3.63, 3.8) is 0 Å². The Balaban J connectivity index is 1.90. The molecule has 0 spiro atoms. The Bertz CT molecular complexity index is 495. The monoisotopic (exact) mass is 308 g/mol. The molecule has 2 amide bonds. The van der Waals surface area contributed by atoms with Crippen LogP contribution in [-0.2, 0) is 11.3 Å². The second-order valence-electron chi connectivity index (χ2n) is 5.63. The van der Waals surface area contributed by atoms with Crippen LogP contribution in [0, 0.1) is 5.92 Å². The molecule has 1 aliphatic heterocycles. The summed E-state index contributed by atoms with van der Waals surface area (Å²) in [5, 5.41) is 2.86. The average Bonchev–Trinajstić information content (AvgIpc) is 2.79. The van der Waals surface area contributed by atoms with Crippen LogP contribution >= 0.6 is 0 Å². The summed E-state index contributed by atoms with van der Waals surface area (Å²) in [4.78, 5) is 22.4. The standard InChI is InChI=1S/C15H24N4O3/c1-11(2)12-10-19(7-4-8-22-12)15(20)17-9-13-16-6-5-14(18-13)21-3/h5-6,11-12H,4,7-10H2,1-3H3,(H,17,20). The quantitative estimate of drug-likeness (QED) is 0.911. The third kappa shape index (κ3) is 4.56. The van der Waals surface area contributed by atoms with Gasteiger partial charge >= 0.3 is 6.03 Å². The molecule has 1 aromatic rings. The molecular formula is C15H24N4O3. The maximum Gasteiger partial charge on any atom is 0.317 e. The maximum absolute atomic E-state index is 12.3. The van der Waals surface area contributed by atoms with Crippen molar-refractivity contribution in [1.82, 2.24) is 20.2 Å². The zero-order chi connectivity index (χ0) is 15.9. The number of carbonyl (C=O) groups excluding carboxylic acids is 1. The van der Waals surface area contributed by atoms with Crippen LogP contribution in [0.4, 0.5) is 4.79 Å². The van der Waals surface area contributed by atoms with E-state index in [1.165, 1.54) is 0 Å². The summed E-state index contributed by atoms with van der Waals surface area (Å²) in [5.41, 5.74) is 0. The number of carbonyl (C=O) groups is 1. The van der Waals surface area contributed by atoms with E-state index in [0.717, 1.165) is 6.42 Å². The van der Waals surface area contributed by atoms with Crippen LogP contribution in [-0.4, -0.2) is 53.8 Å². The van der Waals surface area contributed by atoms with Crippen molar-refractivity contribution < 1.29 is 14.3 Å². The fourth-order valence-electron chi connectivity index (χ4n) is 2.28. The lowest BCUT2D eigenvalue weighted by atomic mass is 10.1. The van der Waals surface area contributed by atoms with Crippen LogP contribution in [0.25, 0.3) is 0 Å². The van der Waals surface area contributed by atoms with Crippen molar-refractivity contribution in [3.8, 4) is 5.88 Å². The van der Waals surface area contributed by atoms with Crippen LogP contribution in [0.5, 0.6) is 5.88 Å². The van der Waals surface area contributed by atoms with Crippen molar-refractivity contribution in [1.29, 1.82) is 0 Å². The maximum atomic E-state index is 12.3. The van der Waals surface area contributed by atoms with Gasteiger partial charge in [-0.25, -0.2) is 9.78 Å². The van der Waals surface area contributed by atoms with Crippen LogP contribution in [0.2, 0.25) is 0 Å². The summed E-state index contributed by atoms with van der Waals surface area (Å²) in [6, 6.07) is 1.56. The van der Waals surface area contributed by atoms with Crippen LogP contribution < -0.4 is 10.1 Å². The van der Waals surface area contributed by atoms with Gasteiger partial charge in [0.2, 0.25) is 5.88 Å². The predicted molar refractivity (Wildman–Crippen MR) is 81.6 cm³/mol. The van der Waals surface area contributed by atoms with Crippen LogP contribution in [0.1, 0.15) is 26.1 Å². The SMILES string of the molecule is COc1ccnc(CNC(=O)N2CCCOC(C(C)C)C2)n1. The third-order valence-corrected chi connectivity index (χ3v) is 3.62. The highest BCUT2D eigenvalue weighted by molar-refractivity contribution is 5.74. The first-order chi connectivity index (χ1) is 10.6. The minimum atomic E-state index is -0.109. The number of methoxy groups -OCH3 is 1. The largest absolute Gasteiger partial charge is 0.481 e. The molecular weight excluding hydrogens is 284 g/mol. The highest BCUT2D eigenvalue weighted by Crippen LogP contribution is 2.13. The Morgan fingerprint density at radius 1 is 1.59 bits per heavy atom. The third-order valence-electron chi connectivity index (χ3n) is 3.62. The summed E-state index contributed by atoms with van der Waals surface area (Å²) in [5.74, 6) is 1.40. The van der Waals surface area contributed by atoms with Crippen molar-refractivity contribution in [2.75, 3.05) is 26.8 Å². The van der Waals surface area contributed by atoms with Gasteiger partial charge in [-0.2, -0.15) is 4.98 Å². The number of nitrogens with one attached hydrogen (secondary N) is 1. The molecule has 0 bridgehead atoms. The van der Waals surface area contributed by atoms with Crippen molar-refractivity contribution in [3.05, 3.63) is 18.1 Å². The van der Waals surface area contributed by atoms with Crippen molar-refractivity contribution >= 4 is 6.03 Å². The van der Waals surface area contributed by atoms with E-state index in [1.807, 2.05) is 0 Å². The van der Waals surface area contributed by atoms with Gasteiger partial charge < -0.3 is 19.7 Å². The molecule has 7 nitrogen and oxygen atoms in total. The van der Waals surface area contributed by atoms with Gasteiger partial charge in [0.1, 0.15) is 0 Å². The fraction of sp³-hybridized carbons (Fsp3) is 0.667. The number of urea groups is 1. The predicted octanol–water partition coefficient (Wildman–Crippen LogP) is 1.44. The van der Waals surface area contributed by atoms with Crippen molar-refractivity contribution in [2.45, 2.75) is 32.9 Å². The van der Waals surface area contributed by atoms with Gasteiger partial charge in [-0.3, -0.25) is 0 Å². The molecule has 0 aliphatic carbocycles. The number of ether oxygens (including phenoxy) is 2. The molecule has 122 valence electrons. The zero-order valence-electron chi connectivity index (χ0n) is 13.4. The molecule has 7 heteroatoms. The Morgan fingerprint density at radius 2 is 2.41 bits per heavy atom. The minimum Gasteiger partial charge on any atom is -0.481 e. The first-order valence-corrected chi connectivity index (χ1v) is 7.60. The molecule has 0 radical (unpaired) electrons. The van der Waals surface area contributed by atoms with E-state index in [2.05, 4.69) is 29.1 Å². The van der Waals surface area contributed by atoms with Crippen LogP contribution in [0.3, 0.4) is 0 Å². The number of nitrogens with zero attached hydrogens (tertiary/aromatic N) is 3. The van der Waals surface area contributed by atoms with E-state index < -0.39 is 0 Å². The van der Waals surface area contributed by atoms with E-state index in [4.69, 9.17) is 9.47 Å². The molecule has 0 saturated carbocycles. The zero-order valence-corrected chi connectivity index (χ0v) is 13.4. The fourth-order valence-corrected chi connectivity index (χ4v) is 2.28. The summed E-state index contributed by atoms with van der Waals surface area (Å²) < 4.78 is 10.8. The van der Waals surface area contributed by atoms with E-state index in [-0.39, 0.29) is 18.7 Å². The minimum absolute atomic E-state index is 0.0846. The van der Waals surface area contributed by atoms with Gasteiger partial charge in [0.25, 0.3) is 0 Å². The van der Waals surface area contributed by atoms with Gasteiger partial charge in [0.15, 0.2) is 5.82 Å². The Morgan fingerprint density at radius 3 is 3.14 bits per heavy atom. The molecule has 2 heterocycles. The topological polar surface area (TPSA) is 76.6 Å². The molecule has 1 aliphatic rings. The summed E-state index contributed by atoms with van der Waals surface area (Å²) in [6.07, 6.45) is 2.55. The number of hydrogen-bond donors (Lipinski definition) is 1. The van der Waals surface area contributed by atoms with Crippen LogP contribution in [0.15, 0.2) is 12.3 Å². The van der Waals surface area contributed by atoms with E-state index in [1.54, 1.807) is 24.3 Å².